The van der Waals surface area contributed by atoms with E-state index in [2.05, 4.69) is 16.9 Å². The largest absolute Gasteiger partial charge is 0.337 e. The Morgan fingerprint density at radius 2 is 2.15 bits per heavy atom. The molecule has 0 fully saturated rings. The highest BCUT2D eigenvalue weighted by atomic mass is 16.2. The van der Waals surface area contributed by atoms with Crippen LogP contribution >= 0.6 is 0 Å². The molecule has 0 spiro atoms. The van der Waals surface area contributed by atoms with Crippen LogP contribution in [0.5, 0.6) is 0 Å². The summed E-state index contributed by atoms with van der Waals surface area (Å²) in [6, 6.07) is 5.84. The number of benzene rings is 1. The van der Waals surface area contributed by atoms with Crippen LogP contribution in [0.1, 0.15) is 34.1 Å². The van der Waals surface area contributed by atoms with Gasteiger partial charge >= 0.3 is 0 Å². The molecule has 4 nitrogen and oxygen atoms in total. The Kier molecular flexibility index (Phi) is 3.01. The van der Waals surface area contributed by atoms with Crippen LogP contribution in [0.25, 0.3) is 11.4 Å². The molecule has 1 aromatic carbocycles. The SMILES string of the molecule is CCc1nc(-c2ccc3c(c2)CN(C)C3=O)ncc1C. The average molecular weight is 267 g/mol. The van der Waals surface area contributed by atoms with Gasteiger partial charge in [-0.2, -0.15) is 0 Å². The van der Waals surface area contributed by atoms with Gasteiger partial charge in [-0.15, -0.1) is 0 Å². The first kappa shape index (κ1) is 12.8. The zero-order valence-corrected chi connectivity index (χ0v) is 12.0. The van der Waals surface area contributed by atoms with Crippen LogP contribution in [0.3, 0.4) is 0 Å². The maximum absolute atomic E-state index is 11.9. The Bertz CT molecular complexity index is 694. The first-order valence-corrected chi connectivity index (χ1v) is 6.81. The van der Waals surface area contributed by atoms with Gasteiger partial charge in [0.2, 0.25) is 0 Å². The van der Waals surface area contributed by atoms with Crippen LogP contribution in [0, 0.1) is 6.92 Å². The fraction of sp³-hybridized carbons (Fsp3) is 0.312. The minimum Gasteiger partial charge on any atom is -0.337 e. The number of rotatable bonds is 2. The third-order valence-corrected chi connectivity index (χ3v) is 3.76. The Hall–Kier alpha value is -2.23. The normalized spacial score (nSPS) is 13.8. The van der Waals surface area contributed by atoms with Gasteiger partial charge in [-0.25, -0.2) is 9.97 Å². The maximum Gasteiger partial charge on any atom is 0.254 e. The molecule has 102 valence electrons. The van der Waals surface area contributed by atoms with E-state index in [1.807, 2.05) is 38.4 Å². The van der Waals surface area contributed by atoms with E-state index in [0.29, 0.717) is 6.54 Å². The molecule has 3 rings (SSSR count). The second-order valence-corrected chi connectivity index (χ2v) is 5.21. The van der Waals surface area contributed by atoms with Gasteiger partial charge in [0.25, 0.3) is 5.91 Å². The van der Waals surface area contributed by atoms with Crippen molar-refractivity contribution >= 4 is 5.91 Å². The van der Waals surface area contributed by atoms with Crippen molar-refractivity contribution in [1.29, 1.82) is 0 Å². The van der Waals surface area contributed by atoms with E-state index in [1.54, 1.807) is 4.90 Å². The Balaban J connectivity index is 2.04. The Labute approximate surface area is 118 Å². The van der Waals surface area contributed by atoms with Gasteiger partial charge < -0.3 is 4.90 Å². The molecular weight excluding hydrogens is 250 g/mol. The van der Waals surface area contributed by atoms with Crippen LogP contribution in [0.15, 0.2) is 24.4 Å². The highest BCUT2D eigenvalue weighted by molar-refractivity contribution is 5.98. The molecule has 2 aromatic rings. The van der Waals surface area contributed by atoms with E-state index < -0.39 is 0 Å². The maximum atomic E-state index is 11.9. The van der Waals surface area contributed by atoms with Gasteiger partial charge in [-0.3, -0.25) is 4.79 Å². The van der Waals surface area contributed by atoms with Crippen LogP contribution in [0.2, 0.25) is 0 Å². The van der Waals surface area contributed by atoms with E-state index >= 15 is 0 Å². The van der Waals surface area contributed by atoms with Crippen molar-refractivity contribution in [3.8, 4) is 11.4 Å². The summed E-state index contributed by atoms with van der Waals surface area (Å²) in [6.07, 6.45) is 2.76. The summed E-state index contributed by atoms with van der Waals surface area (Å²) in [6.45, 7) is 4.78. The number of nitrogens with zero attached hydrogens (tertiary/aromatic N) is 3. The Morgan fingerprint density at radius 3 is 2.90 bits per heavy atom. The molecule has 0 saturated heterocycles. The van der Waals surface area contributed by atoms with E-state index in [-0.39, 0.29) is 5.91 Å². The summed E-state index contributed by atoms with van der Waals surface area (Å²) in [4.78, 5) is 22.6. The third kappa shape index (κ3) is 1.97. The zero-order chi connectivity index (χ0) is 14.3. The molecule has 1 aliphatic rings. The van der Waals surface area contributed by atoms with Crippen LogP contribution in [-0.2, 0) is 13.0 Å². The lowest BCUT2D eigenvalue weighted by atomic mass is 10.1. The van der Waals surface area contributed by atoms with Crippen molar-refractivity contribution in [2.75, 3.05) is 7.05 Å². The van der Waals surface area contributed by atoms with E-state index in [9.17, 15) is 4.79 Å². The monoisotopic (exact) mass is 267 g/mol. The van der Waals surface area contributed by atoms with E-state index in [0.717, 1.165) is 40.2 Å². The molecule has 1 aromatic heterocycles. The van der Waals surface area contributed by atoms with Gasteiger partial charge in [0, 0.05) is 36.6 Å². The number of aryl methyl sites for hydroxylation is 2. The van der Waals surface area contributed by atoms with E-state index in [1.165, 1.54) is 0 Å². The van der Waals surface area contributed by atoms with Crippen LogP contribution in [-0.4, -0.2) is 27.8 Å². The molecule has 1 amide bonds. The van der Waals surface area contributed by atoms with Crippen molar-refractivity contribution in [2.45, 2.75) is 26.8 Å². The predicted molar refractivity (Wildman–Crippen MR) is 77.4 cm³/mol. The molecular formula is C16H17N3O. The topological polar surface area (TPSA) is 46.1 Å². The lowest BCUT2D eigenvalue weighted by Gasteiger charge is -2.06. The highest BCUT2D eigenvalue weighted by Gasteiger charge is 2.24. The van der Waals surface area contributed by atoms with Crippen molar-refractivity contribution in [2.24, 2.45) is 0 Å². The van der Waals surface area contributed by atoms with Crippen molar-refractivity contribution in [3.63, 3.8) is 0 Å². The molecule has 0 N–H and O–H groups in total. The van der Waals surface area contributed by atoms with Crippen molar-refractivity contribution < 1.29 is 4.79 Å². The summed E-state index contributed by atoms with van der Waals surface area (Å²) < 4.78 is 0. The summed E-state index contributed by atoms with van der Waals surface area (Å²) in [5.41, 5.74) is 5.01. The zero-order valence-electron chi connectivity index (χ0n) is 12.0. The lowest BCUT2D eigenvalue weighted by molar-refractivity contribution is 0.0816. The molecule has 0 saturated carbocycles. The number of amides is 1. The fourth-order valence-electron chi connectivity index (χ4n) is 2.58. The minimum atomic E-state index is 0.0885. The number of carbonyl (C=O) groups excluding carboxylic acids is 1. The van der Waals surface area contributed by atoms with Gasteiger partial charge in [-0.05, 0) is 36.6 Å². The molecule has 0 aliphatic carbocycles. The number of carbonyl (C=O) groups is 1. The first-order valence-electron chi connectivity index (χ1n) is 6.81. The molecule has 4 heteroatoms. The summed E-state index contributed by atoms with van der Waals surface area (Å²) in [5.74, 6) is 0.822. The fourth-order valence-corrected chi connectivity index (χ4v) is 2.58. The second-order valence-electron chi connectivity index (χ2n) is 5.21. The Morgan fingerprint density at radius 1 is 1.35 bits per heavy atom. The van der Waals surface area contributed by atoms with Gasteiger partial charge in [0.05, 0.1) is 0 Å². The van der Waals surface area contributed by atoms with Gasteiger partial charge in [0.1, 0.15) is 0 Å². The van der Waals surface area contributed by atoms with Crippen molar-refractivity contribution in [3.05, 3.63) is 46.8 Å². The van der Waals surface area contributed by atoms with E-state index in [4.69, 9.17) is 0 Å². The second kappa shape index (κ2) is 4.71. The summed E-state index contributed by atoms with van der Waals surface area (Å²) >= 11 is 0. The molecule has 0 atom stereocenters. The number of hydrogen-bond donors (Lipinski definition) is 0. The summed E-state index contributed by atoms with van der Waals surface area (Å²) in [7, 11) is 1.82. The number of hydrogen-bond acceptors (Lipinski definition) is 3. The van der Waals surface area contributed by atoms with Crippen LogP contribution < -0.4 is 0 Å². The highest BCUT2D eigenvalue weighted by Crippen LogP contribution is 2.26. The number of aromatic nitrogens is 2. The van der Waals surface area contributed by atoms with Crippen molar-refractivity contribution in [1.82, 2.24) is 14.9 Å². The van der Waals surface area contributed by atoms with Crippen LogP contribution in [0.4, 0.5) is 0 Å². The summed E-state index contributed by atoms with van der Waals surface area (Å²) in [5, 5.41) is 0. The smallest absolute Gasteiger partial charge is 0.254 e. The molecule has 2 heterocycles. The molecule has 20 heavy (non-hydrogen) atoms. The number of fused-ring (bicyclic) bond motifs is 1. The average Bonchev–Trinajstić information content (AvgIpc) is 2.74. The first-order chi connectivity index (χ1) is 9.60. The molecule has 0 unspecified atom stereocenters. The van der Waals surface area contributed by atoms with Gasteiger partial charge in [0.15, 0.2) is 5.82 Å². The van der Waals surface area contributed by atoms with Gasteiger partial charge in [-0.1, -0.05) is 13.0 Å². The molecule has 0 bridgehead atoms. The quantitative estimate of drug-likeness (QED) is 0.840. The lowest BCUT2D eigenvalue weighted by Crippen LogP contribution is -2.17. The molecule has 1 aliphatic heterocycles. The molecule has 0 radical (unpaired) electrons. The standard InChI is InChI=1S/C16H17N3O/c1-4-14-10(2)8-17-15(18-14)11-5-6-13-12(7-11)9-19(3)16(13)20/h5-8H,4,9H2,1-3H3. The predicted octanol–water partition coefficient (Wildman–Crippen LogP) is 2.60. The minimum absolute atomic E-state index is 0.0885. The third-order valence-electron chi connectivity index (χ3n) is 3.76.